The molecule has 2 atom stereocenters. The number of carbonyl (C=O) groups is 2. The minimum Gasteiger partial charge on any atom is -0.480 e. The van der Waals surface area contributed by atoms with E-state index in [0.29, 0.717) is 18.9 Å². The first-order chi connectivity index (χ1) is 7.91. The van der Waals surface area contributed by atoms with Gasteiger partial charge < -0.3 is 14.7 Å². The van der Waals surface area contributed by atoms with Crippen molar-refractivity contribution in [3.8, 4) is 0 Å². The molecule has 1 amide bonds. The SMILES string of the molecule is CC1CCN(C(=O)COC(C)C)C(C(=O)O)C1. The van der Waals surface area contributed by atoms with E-state index in [4.69, 9.17) is 9.84 Å². The van der Waals surface area contributed by atoms with Crippen LogP contribution in [0.5, 0.6) is 0 Å². The van der Waals surface area contributed by atoms with Crippen LogP contribution < -0.4 is 0 Å². The van der Waals surface area contributed by atoms with Crippen molar-refractivity contribution in [1.82, 2.24) is 4.90 Å². The summed E-state index contributed by atoms with van der Waals surface area (Å²) in [6.07, 6.45) is 1.37. The zero-order valence-corrected chi connectivity index (χ0v) is 10.7. The van der Waals surface area contributed by atoms with Crippen molar-refractivity contribution in [1.29, 1.82) is 0 Å². The van der Waals surface area contributed by atoms with Crippen LogP contribution in [0, 0.1) is 5.92 Å². The summed E-state index contributed by atoms with van der Waals surface area (Å²) in [7, 11) is 0. The Kier molecular flexibility index (Phi) is 4.93. The maximum absolute atomic E-state index is 11.9. The van der Waals surface area contributed by atoms with Gasteiger partial charge in [-0.2, -0.15) is 0 Å². The average molecular weight is 243 g/mol. The topological polar surface area (TPSA) is 66.8 Å². The summed E-state index contributed by atoms with van der Waals surface area (Å²) in [5.74, 6) is -0.793. The molecule has 5 nitrogen and oxygen atoms in total. The third-order valence-electron chi connectivity index (χ3n) is 3.01. The van der Waals surface area contributed by atoms with Gasteiger partial charge in [0, 0.05) is 6.54 Å². The van der Waals surface area contributed by atoms with E-state index < -0.39 is 12.0 Å². The second kappa shape index (κ2) is 6.00. The molecule has 0 aliphatic carbocycles. The molecule has 1 aliphatic heterocycles. The number of hydrogen-bond acceptors (Lipinski definition) is 3. The molecule has 0 aromatic heterocycles. The molecule has 98 valence electrons. The largest absolute Gasteiger partial charge is 0.480 e. The van der Waals surface area contributed by atoms with Crippen molar-refractivity contribution in [3.05, 3.63) is 0 Å². The molecule has 0 spiro atoms. The lowest BCUT2D eigenvalue weighted by molar-refractivity contribution is -0.155. The number of rotatable bonds is 4. The van der Waals surface area contributed by atoms with Gasteiger partial charge in [-0.15, -0.1) is 0 Å². The highest BCUT2D eigenvalue weighted by Gasteiger charge is 2.34. The Morgan fingerprint density at radius 3 is 2.65 bits per heavy atom. The van der Waals surface area contributed by atoms with Gasteiger partial charge in [0.05, 0.1) is 6.10 Å². The summed E-state index contributed by atoms with van der Waals surface area (Å²) in [5.41, 5.74) is 0. The van der Waals surface area contributed by atoms with Crippen LogP contribution in [0.3, 0.4) is 0 Å². The number of nitrogens with zero attached hydrogens (tertiary/aromatic N) is 1. The van der Waals surface area contributed by atoms with Gasteiger partial charge >= 0.3 is 5.97 Å². The summed E-state index contributed by atoms with van der Waals surface area (Å²) >= 11 is 0. The number of piperidine rings is 1. The molecule has 0 aromatic rings. The summed E-state index contributed by atoms with van der Waals surface area (Å²) in [6, 6.07) is -0.693. The molecule has 1 N–H and O–H groups in total. The molecule has 1 rings (SSSR count). The number of likely N-dealkylation sites (tertiary alicyclic amines) is 1. The standard InChI is InChI=1S/C12H21NO4/c1-8(2)17-7-11(14)13-5-4-9(3)6-10(13)12(15)16/h8-10H,4-7H2,1-3H3,(H,15,16). The Morgan fingerprint density at radius 2 is 2.12 bits per heavy atom. The number of carboxylic acid groups (broad SMARTS) is 1. The lowest BCUT2D eigenvalue weighted by Crippen LogP contribution is -2.51. The Balaban J connectivity index is 2.60. The average Bonchev–Trinajstić information content (AvgIpc) is 2.25. The van der Waals surface area contributed by atoms with Gasteiger partial charge in [0.2, 0.25) is 5.91 Å². The summed E-state index contributed by atoms with van der Waals surface area (Å²) in [5, 5.41) is 9.12. The number of amides is 1. The van der Waals surface area contributed by atoms with E-state index in [1.165, 1.54) is 4.90 Å². The third kappa shape index (κ3) is 4.00. The van der Waals surface area contributed by atoms with Crippen LogP contribution in [0.4, 0.5) is 0 Å². The predicted octanol–water partition coefficient (Wildman–Crippen LogP) is 1.12. The fourth-order valence-electron chi connectivity index (χ4n) is 2.00. The molecule has 1 fully saturated rings. The highest BCUT2D eigenvalue weighted by Crippen LogP contribution is 2.22. The van der Waals surface area contributed by atoms with Crippen LogP contribution in [0.1, 0.15) is 33.6 Å². The van der Waals surface area contributed by atoms with Crippen molar-refractivity contribution in [2.45, 2.75) is 45.8 Å². The van der Waals surface area contributed by atoms with Gasteiger partial charge in [-0.05, 0) is 32.6 Å². The third-order valence-corrected chi connectivity index (χ3v) is 3.01. The number of aliphatic carboxylic acids is 1. The zero-order chi connectivity index (χ0) is 13.0. The Hall–Kier alpha value is -1.10. The molecular weight excluding hydrogens is 222 g/mol. The second-order valence-corrected chi connectivity index (χ2v) is 4.93. The van der Waals surface area contributed by atoms with Crippen molar-refractivity contribution in [2.24, 2.45) is 5.92 Å². The second-order valence-electron chi connectivity index (χ2n) is 4.93. The lowest BCUT2D eigenvalue weighted by Gasteiger charge is -2.36. The van der Waals surface area contributed by atoms with Crippen LogP contribution in [-0.2, 0) is 14.3 Å². The molecule has 0 bridgehead atoms. The predicted molar refractivity (Wildman–Crippen MR) is 62.6 cm³/mol. The van der Waals surface area contributed by atoms with E-state index in [9.17, 15) is 9.59 Å². The zero-order valence-electron chi connectivity index (χ0n) is 10.7. The minimum absolute atomic E-state index is 0.0223. The summed E-state index contributed by atoms with van der Waals surface area (Å²) in [6.45, 7) is 6.19. The van der Waals surface area contributed by atoms with Gasteiger partial charge in [0.25, 0.3) is 0 Å². The van der Waals surface area contributed by atoms with E-state index in [2.05, 4.69) is 0 Å². The molecule has 0 saturated carbocycles. The maximum Gasteiger partial charge on any atom is 0.326 e. The van der Waals surface area contributed by atoms with Crippen LogP contribution in [0.2, 0.25) is 0 Å². The number of hydrogen-bond donors (Lipinski definition) is 1. The smallest absolute Gasteiger partial charge is 0.326 e. The molecule has 0 radical (unpaired) electrons. The fourth-order valence-corrected chi connectivity index (χ4v) is 2.00. The number of ether oxygens (including phenoxy) is 1. The normalized spacial score (nSPS) is 25.1. The molecular formula is C12H21NO4. The van der Waals surface area contributed by atoms with E-state index in [-0.39, 0.29) is 18.6 Å². The summed E-state index contributed by atoms with van der Waals surface area (Å²) in [4.78, 5) is 24.4. The van der Waals surface area contributed by atoms with E-state index in [1.54, 1.807) is 0 Å². The van der Waals surface area contributed by atoms with Crippen LogP contribution in [0.25, 0.3) is 0 Å². The van der Waals surface area contributed by atoms with Gasteiger partial charge in [-0.3, -0.25) is 4.79 Å². The molecule has 1 saturated heterocycles. The van der Waals surface area contributed by atoms with Crippen LogP contribution in [0.15, 0.2) is 0 Å². The minimum atomic E-state index is -0.922. The fraction of sp³-hybridized carbons (Fsp3) is 0.833. The molecule has 5 heteroatoms. The van der Waals surface area contributed by atoms with Crippen LogP contribution in [-0.4, -0.2) is 47.2 Å². The van der Waals surface area contributed by atoms with Crippen molar-refractivity contribution in [3.63, 3.8) is 0 Å². The molecule has 17 heavy (non-hydrogen) atoms. The van der Waals surface area contributed by atoms with Gasteiger partial charge in [0.15, 0.2) is 0 Å². The van der Waals surface area contributed by atoms with E-state index >= 15 is 0 Å². The van der Waals surface area contributed by atoms with E-state index in [1.807, 2.05) is 20.8 Å². The first-order valence-corrected chi connectivity index (χ1v) is 6.05. The number of carboxylic acids is 1. The highest BCUT2D eigenvalue weighted by molar-refractivity contribution is 5.84. The monoisotopic (exact) mass is 243 g/mol. The van der Waals surface area contributed by atoms with Crippen LogP contribution >= 0.6 is 0 Å². The first kappa shape index (κ1) is 14.0. The highest BCUT2D eigenvalue weighted by atomic mass is 16.5. The summed E-state index contributed by atoms with van der Waals surface area (Å²) < 4.78 is 5.23. The molecule has 1 aliphatic rings. The van der Waals surface area contributed by atoms with Crippen molar-refractivity contribution < 1.29 is 19.4 Å². The molecule has 2 unspecified atom stereocenters. The van der Waals surface area contributed by atoms with E-state index in [0.717, 1.165) is 6.42 Å². The number of carbonyl (C=O) groups excluding carboxylic acids is 1. The Bertz CT molecular complexity index is 290. The van der Waals surface area contributed by atoms with Gasteiger partial charge in [-0.1, -0.05) is 6.92 Å². The van der Waals surface area contributed by atoms with Crippen molar-refractivity contribution in [2.75, 3.05) is 13.2 Å². The Labute approximate surface area is 102 Å². The quantitative estimate of drug-likeness (QED) is 0.803. The lowest BCUT2D eigenvalue weighted by atomic mass is 9.92. The Morgan fingerprint density at radius 1 is 1.47 bits per heavy atom. The first-order valence-electron chi connectivity index (χ1n) is 6.05. The van der Waals surface area contributed by atoms with Crippen molar-refractivity contribution >= 4 is 11.9 Å². The maximum atomic E-state index is 11.9. The van der Waals surface area contributed by atoms with Gasteiger partial charge in [-0.25, -0.2) is 4.79 Å². The van der Waals surface area contributed by atoms with Gasteiger partial charge in [0.1, 0.15) is 12.6 Å². The molecule has 0 aromatic carbocycles. The molecule has 1 heterocycles.